The van der Waals surface area contributed by atoms with Crippen LogP contribution in [0.2, 0.25) is 0 Å². The predicted octanol–water partition coefficient (Wildman–Crippen LogP) is 5.70. The van der Waals surface area contributed by atoms with E-state index in [0.717, 1.165) is 23.9 Å². The van der Waals surface area contributed by atoms with E-state index in [1.165, 1.54) is 0 Å². The highest BCUT2D eigenvalue weighted by Crippen LogP contribution is 2.46. The van der Waals surface area contributed by atoms with Crippen LogP contribution in [0, 0.1) is 18.3 Å². The van der Waals surface area contributed by atoms with Gasteiger partial charge >= 0.3 is 12.1 Å². The van der Waals surface area contributed by atoms with E-state index in [1.807, 2.05) is 20.8 Å². The minimum atomic E-state index is -4.48. The summed E-state index contributed by atoms with van der Waals surface area (Å²) in [6.07, 6.45) is 2.07. The van der Waals surface area contributed by atoms with Gasteiger partial charge in [-0.05, 0) is 89.1 Å². The van der Waals surface area contributed by atoms with Crippen LogP contribution in [0.5, 0.6) is 0 Å². The van der Waals surface area contributed by atoms with Crippen LogP contribution in [0.15, 0.2) is 43.0 Å². The second-order valence-corrected chi connectivity index (χ2v) is 10.4. The third-order valence-corrected chi connectivity index (χ3v) is 7.26. The van der Waals surface area contributed by atoms with E-state index in [9.17, 15) is 23.1 Å². The molecular formula is C27H32F3N5O3. The summed E-state index contributed by atoms with van der Waals surface area (Å²) in [7, 11) is 0. The number of aliphatic hydroxyl groups is 1. The number of hydrogen-bond acceptors (Lipinski definition) is 7. The van der Waals surface area contributed by atoms with Crippen molar-refractivity contribution in [2.24, 2.45) is 11.3 Å². The largest absolute Gasteiger partial charge is 0.466 e. The molecule has 0 bridgehead atoms. The van der Waals surface area contributed by atoms with Crippen LogP contribution in [0.3, 0.4) is 0 Å². The van der Waals surface area contributed by atoms with Crippen LogP contribution in [-0.2, 0) is 21.3 Å². The van der Waals surface area contributed by atoms with Gasteiger partial charge in [-0.2, -0.15) is 13.2 Å². The Morgan fingerprint density at radius 2 is 1.89 bits per heavy atom. The van der Waals surface area contributed by atoms with Crippen LogP contribution >= 0.6 is 0 Å². The van der Waals surface area contributed by atoms with E-state index in [-0.39, 0.29) is 17.7 Å². The van der Waals surface area contributed by atoms with E-state index in [4.69, 9.17) is 4.74 Å². The fraction of sp³-hybridized carbons (Fsp3) is 0.481. The molecule has 0 unspecified atom stereocenters. The molecule has 0 saturated heterocycles. The van der Waals surface area contributed by atoms with Gasteiger partial charge in [0.15, 0.2) is 0 Å². The molecule has 8 nitrogen and oxygen atoms in total. The van der Waals surface area contributed by atoms with Crippen molar-refractivity contribution in [3.63, 3.8) is 0 Å². The number of imidazole rings is 1. The number of nitrogens with one attached hydrogen (secondary N) is 1. The van der Waals surface area contributed by atoms with Crippen molar-refractivity contribution >= 4 is 17.6 Å². The molecule has 1 fully saturated rings. The maximum atomic E-state index is 13.1. The van der Waals surface area contributed by atoms with Gasteiger partial charge in [0.1, 0.15) is 29.4 Å². The van der Waals surface area contributed by atoms with Gasteiger partial charge in [0.05, 0.1) is 23.3 Å². The lowest BCUT2D eigenvalue weighted by atomic mass is 9.67. The molecule has 0 spiro atoms. The number of anilines is 2. The van der Waals surface area contributed by atoms with Crippen LogP contribution in [-0.4, -0.2) is 37.2 Å². The summed E-state index contributed by atoms with van der Waals surface area (Å²) in [5, 5.41) is 14.2. The topological polar surface area (TPSA) is 102 Å². The molecule has 204 valence electrons. The van der Waals surface area contributed by atoms with Crippen molar-refractivity contribution in [3.05, 3.63) is 59.8 Å². The summed E-state index contributed by atoms with van der Waals surface area (Å²) in [4.78, 5) is 25.3. The summed E-state index contributed by atoms with van der Waals surface area (Å²) in [5.74, 6) is 0.684. The number of carbonyl (C=O) groups excluding carboxylic acids is 1. The molecule has 0 amide bonds. The third-order valence-electron chi connectivity index (χ3n) is 7.26. The normalized spacial score (nSPS) is 20.3. The number of rotatable bonds is 7. The van der Waals surface area contributed by atoms with E-state index >= 15 is 0 Å². The number of hydrogen-bond donors (Lipinski definition) is 2. The SMILES string of the molecule is CCOC(=O)C(C)(C)[C@H]1CC[C@](O)(c2cn(-c3cc(C)cc(Nc4cc(C(F)(F)F)ccn4)n3)cn2)CC1. The summed E-state index contributed by atoms with van der Waals surface area (Å²) in [6.45, 7) is 7.73. The zero-order valence-electron chi connectivity index (χ0n) is 21.8. The number of esters is 1. The minimum absolute atomic E-state index is 0.0204. The first-order chi connectivity index (χ1) is 17.8. The summed E-state index contributed by atoms with van der Waals surface area (Å²) in [5.41, 5.74) is -1.27. The van der Waals surface area contributed by atoms with Crippen molar-refractivity contribution in [3.8, 4) is 5.82 Å². The molecule has 0 radical (unpaired) electrons. The quantitative estimate of drug-likeness (QED) is 0.377. The molecule has 2 N–H and O–H groups in total. The second-order valence-electron chi connectivity index (χ2n) is 10.4. The van der Waals surface area contributed by atoms with E-state index in [1.54, 1.807) is 36.1 Å². The Morgan fingerprint density at radius 1 is 1.18 bits per heavy atom. The molecule has 3 heterocycles. The zero-order valence-corrected chi connectivity index (χ0v) is 21.8. The van der Waals surface area contributed by atoms with E-state index in [0.29, 0.717) is 49.6 Å². The first kappa shape index (κ1) is 27.6. The van der Waals surface area contributed by atoms with Gasteiger partial charge in [-0.25, -0.2) is 15.0 Å². The Bertz CT molecular complexity index is 1300. The summed E-state index contributed by atoms with van der Waals surface area (Å²) < 4.78 is 46.1. The molecule has 4 rings (SSSR count). The van der Waals surface area contributed by atoms with Crippen molar-refractivity contribution in [2.75, 3.05) is 11.9 Å². The Hall–Kier alpha value is -3.47. The molecule has 11 heteroatoms. The summed E-state index contributed by atoms with van der Waals surface area (Å²) in [6, 6.07) is 5.33. The number of aryl methyl sites for hydroxylation is 1. The van der Waals surface area contributed by atoms with Crippen molar-refractivity contribution in [1.82, 2.24) is 19.5 Å². The third kappa shape index (κ3) is 5.82. The fourth-order valence-electron chi connectivity index (χ4n) is 4.90. The van der Waals surface area contributed by atoms with Crippen molar-refractivity contribution < 1.29 is 27.8 Å². The molecular weight excluding hydrogens is 499 g/mol. The van der Waals surface area contributed by atoms with Gasteiger partial charge in [-0.3, -0.25) is 9.36 Å². The predicted molar refractivity (Wildman–Crippen MR) is 135 cm³/mol. The molecule has 1 saturated carbocycles. The highest BCUT2D eigenvalue weighted by Gasteiger charge is 2.45. The Labute approximate surface area is 219 Å². The lowest BCUT2D eigenvalue weighted by Crippen LogP contribution is -2.41. The van der Waals surface area contributed by atoms with Crippen molar-refractivity contribution in [2.45, 2.75) is 65.2 Å². The molecule has 3 aromatic rings. The number of carbonyl (C=O) groups is 1. The van der Waals surface area contributed by atoms with Crippen LogP contribution in [0.1, 0.15) is 63.3 Å². The molecule has 0 aromatic carbocycles. The highest BCUT2D eigenvalue weighted by molar-refractivity contribution is 5.76. The molecule has 38 heavy (non-hydrogen) atoms. The average molecular weight is 532 g/mol. The minimum Gasteiger partial charge on any atom is -0.466 e. The number of halogens is 3. The summed E-state index contributed by atoms with van der Waals surface area (Å²) >= 11 is 0. The van der Waals surface area contributed by atoms with Crippen molar-refractivity contribution in [1.29, 1.82) is 0 Å². The Kier molecular flexibility index (Phi) is 7.51. The van der Waals surface area contributed by atoms with Gasteiger partial charge in [-0.1, -0.05) is 0 Å². The highest BCUT2D eigenvalue weighted by atomic mass is 19.4. The maximum Gasteiger partial charge on any atom is 0.416 e. The first-order valence-electron chi connectivity index (χ1n) is 12.6. The van der Waals surface area contributed by atoms with E-state index < -0.39 is 22.8 Å². The standard InChI is InChI=1S/C27H32F3N5O3/c1-5-38-24(36)25(3,4)18-6-9-26(37,10-7-18)20-15-35(16-32-20)23-13-17(2)12-22(34-23)33-21-14-19(8-11-31-21)27(28,29)30/h8,11-16,18,37H,5-7,9-10H2,1-4H3,(H,31,33,34)/t18-,26+. The maximum absolute atomic E-state index is 13.1. The Balaban J connectivity index is 1.50. The molecule has 1 aliphatic rings. The molecule has 3 aromatic heterocycles. The van der Waals surface area contributed by atoms with Crippen LogP contribution in [0.25, 0.3) is 5.82 Å². The second kappa shape index (κ2) is 10.4. The Morgan fingerprint density at radius 3 is 2.55 bits per heavy atom. The van der Waals surface area contributed by atoms with Gasteiger partial charge in [0.2, 0.25) is 0 Å². The van der Waals surface area contributed by atoms with Gasteiger partial charge in [0, 0.05) is 12.4 Å². The van der Waals surface area contributed by atoms with Crippen LogP contribution in [0.4, 0.5) is 24.8 Å². The number of ether oxygens (including phenoxy) is 1. The lowest BCUT2D eigenvalue weighted by molar-refractivity contribution is -0.159. The molecule has 1 aliphatic carbocycles. The first-order valence-corrected chi connectivity index (χ1v) is 12.6. The smallest absolute Gasteiger partial charge is 0.416 e. The van der Waals surface area contributed by atoms with E-state index in [2.05, 4.69) is 20.3 Å². The fourth-order valence-corrected chi connectivity index (χ4v) is 4.90. The molecule has 0 atom stereocenters. The lowest BCUT2D eigenvalue weighted by Gasteiger charge is -2.40. The number of pyridine rings is 2. The number of aromatic nitrogens is 4. The van der Waals surface area contributed by atoms with Gasteiger partial charge in [-0.15, -0.1) is 0 Å². The number of alkyl halides is 3. The van der Waals surface area contributed by atoms with Gasteiger partial charge in [0.25, 0.3) is 0 Å². The monoisotopic (exact) mass is 531 g/mol. The zero-order chi connectivity index (χ0) is 27.7. The van der Waals surface area contributed by atoms with Gasteiger partial charge < -0.3 is 15.2 Å². The number of nitrogens with zero attached hydrogens (tertiary/aromatic N) is 4. The molecule has 0 aliphatic heterocycles. The average Bonchev–Trinajstić information content (AvgIpc) is 3.35. The van der Waals surface area contributed by atoms with Crippen LogP contribution < -0.4 is 5.32 Å².